The van der Waals surface area contributed by atoms with Gasteiger partial charge in [0, 0.05) is 13.0 Å². The van der Waals surface area contributed by atoms with Crippen molar-refractivity contribution in [3.05, 3.63) is 60.8 Å². The van der Waals surface area contributed by atoms with Crippen molar-refractivity contribution in [2.45, 2.75) is 161 Å². The Kier molecular flexibility index (Phi) is 35.9. The summed E-state index contributed by atoms with van der Waals surface area (Å²) < 4.78 is 34.5. The number of likely N-dealkylation sites (N-methyl/N-ethyl adjacent to an activating group) is 1. The lowest BCUT2D eigenvalue weighted by molar-refractivity contribution is -0.870. The van der Waals surface area contributed by atoms with Gasteiger partial charge in [-0.25, -0.2) is 0 Å². The second-order valence-electron chi connectivity index (χ2n) is 15.0. The molecule has 308 valence electrons. The highest BCUT2D eigenvalue weighted by molar-refractivity contribution is 7.45. The molecule has 0 aliphatic carbocycles. The van der Waals surface area contributed by atoms with Crippen LogP contribution in [0.25, 0.3) is 0 Å². The van der Waals surface area contributed by atoms with Gasteiger partial charge < -0.3 is 27.9 Å². The van der Waals surface area contributed by atoms with Gasteiger partial charge >= 0.3 is 5.97 Å². The molecule has 0 aromatic carbocycles. The number of quaternary nitrogens is 1. The zero-order valence-corrected chi connectivity index (χ0v) is 35.6. The highest BCUT2D eigenvalue weighted by Gasteiger charge is 2.20. The molecule has 2 atom stereocenters. The number of allylic oxidation sites excluding steroid dienone is 10. The molecule has 0 aliphatic heterocycles. The van der Waals surface area contributed by atoms with Gasteiger partial charge in [0.2, 0.25) is 0 Å². The number of carbonyl (C=O) groups excluding carboxylic acids is 1. The minimum absolute atomic E-state index is 0.0170. The first-order chi connectivity index (χ1) is 25.6. The summed E-state index contributed by atoms with van der Waals surface area (Å²) in [7, 11) is 1.32. The van der Waals surface area contributed by atoms with Crippen LogP contribution in [0.2, 0.25) is 0 Å². The molecule has 8 nitrogen and oxygen atoms in total. The summed E-state index contributed by atoms with van der Waals surface area (Å²) in [4.78, 5) is 25.0. The number of hydrogen-bond acceptors (Lipinski definition) is 7. The van der Waals surface area contributed by atoms with E-state index in [4.69, 9.17) is 18.5 Å². The summed E-state index contributed by atoms with van der Waals surface area (Å²) in [5.41, 5.74) is 0. The van der Waals surface area contributed by atoms with E-state index in [-0.39, 0.29) is 25.8 Å². The summed E-state index contributed by atoms with van der Waals surface area (Å²) in [5.74, 6) is -0.353. The molecule has 0 spiro atoms. The van der Waals surface area contributed by atoms with Crippen LogP contribution in [-0.2, 0) is 27.9 Å². The summed E-state index contributed by atoms with van der Waals surface area (Å²) in [5, 5.41) is 0. The monoisotopic (exact) mass is 766 g/mol. The Morgan fingerprint density at radius 2 is 1.09 bits per heavy atom. The Balaban J connectivity index is 4.31. The molecule has 0 saturated carbocycles. The molecule has 0 fully saturated rings. The Labute approximate surface area is 326 Å². The Morgan fingerprint density at radius 3 is 1.64 bits per heavy atom. The molecule has 0 N–H and O–H groups in total. The third-order valence-electron chi connectivity index (χ3n) is 8.55. The van der Waals surface area contributed by atoms with Crippen molar-refractivity contribution in [2.75, 3.05) is 54.1 Å². The first-order valence-corrected chi connectivity index (χ1v) is 22.5. The zero-order chi connectivity index (χ0) is 39.1. The highest BCUT2D eigenvalue weighted by Crippen LogP contribution is 2.38. The molecule has 0 radical (unpaired) electrons. The van der Waals surface area contributed by atoms with E-state index < -0.39 is 13.9 Å². The van der Waals surface area contributed by atoms with Crippen LogP contribution in [0, 0.1) is 0 Å². The molecule has 0 aliphatic rings. The molecule has 9 heteroatoms. The fourth-order valence-corrected chi connectivity index (χ4v) is 6.02. The van der Waals surface area contributed by atoms with Gasteiger partial charge in [-0.3, -0.25) is 9.36 Å². The minimum atomic E-state index is -4.53. The van der Waals surface area contributed by atoms with Crippen molar-refractivity contribution in [3.8, 4) is 0 Å². The third kappa shape index (κ3) is 41.2. The van der Waals surface area contributed by atoms with Crippen molar-refractivity contribution < 1.29 is 37.3 Å². The van der Waals surface area contributed by atoms with Crippen LogP contribution in [0.5, 0.6) is 0 Å². The quantitative estimate of drug-likeness (QED) is 0.0203. The molecular formula is C44H80NO7P. The van der Waals surface area contributed by atoms with Crippen LogP contribution >= 0.6 is 7.82 Å². The van der Waals surface area contributed by atoms with Crippen LogP contribution in [0.15, 0.2) is 60.8 Å². The van der Waals surface area contributed by atoms with Gasteiger partial charge in [-0.15, -0.1) is 0 Å². The lowest BCUT2D eigenvalue weighted by Crippen LogP contribution is -2.37. The van der Waals surface area contributed by atoms with Gasteiger partial charge in [0.15, 0.2) is 0 Å². The molecule has 53 heavy (non-hydrogen) atoms. The molecule has 0 aromatic heterocycles. The molecule has 0 heterocycles. The standard InChI is InChI=1S/C44H80NO7P/c1-6-8-10-12-14-16-18-20-22-23-24-25-27-29-31-33-35-37-44(46)52-43(42-51-53(47,48)50-40-38-45(3,4)5)41-49-39-36-34-32-30-28-26-21-19-17-15-13-11-9-7-2/h9,11,14-17,20-22,26,43H,6-8,10,12-13,18-19,23-25,27-42H2,1-5H3/b11-9-,16-14-,17-15-,22-20-,26-21-. The summed E-state index contributed by atoms with van der Waals surface area (Å²) in [6.45, 7) is 5.19. The van der Waals surface area contributed by atoms with E-state index in [2.05, 4.69) is 74.6 Å². The summed E-state index contributed by atoms with van der Waals surface area (Å²) >= 11 is 0. The van der Waals surface area contributed by atoms with E-state index in [1.807, 2.05) is 21.1 Å². The predicted molar refractivity (Wildman–Crippen MR) is 222 cm³/mol. The van der Waals surface area contributed by atoms with Gasteiger partial charge in [0.1, 0.15) is 19.3 Å². The first kappa shape index (κ1) is 51.2. The smallest absolute Gasteiger partial charge is 0.306 e. The van der Waals surface area contributed by atoms with Gasteiger partial charge in [0.25, 0.3) is 7.82 Å². The van der Waals surface area contributed by atoms with Gasteiger partial charge in [0.05, 0.1) is 34.4 Å². The summed E-state index contributed by atoms with van der Waals surface area (Å²) in [6, 6.07) is 0. The van der Waals surface area contributed by atoms with Crippen LogP contribution < -0.4 is 4.89 Å². The predicted octanol–water partition coefficient (Wildman–Crippen LogP) is 11.5. The number of carbonyl (C=O) groups is 1. The van der Waals surface area contributed by atoms with Gasteiger partial charge in [-0.2, -0.15) is 0 Å². The van der Waals surface area contributed by atoms with E-state index in [0.29, 0.717) is 24.1 Å². The SMILES string of the molecule is CC/C=C\C/C=C\C/C=C\CCCCCCOCC(COP(=O)([O-])OCC[N+](C)(C)C)OC(=O)CCCCCCCCC/C=C\C/C=C\CCCCC. The van der Waals surface area contributed by atoms with E-state index in [1.165, 1.54) is 51.4 Å². The maximum Gasteiger partial charge on any atom is 0.306 e. The van der Waals surface area contributed by atoms with Gasteiger partial charge in [-0.05, 0) is 77.0 Å². The molecular weight excluding hydrogens is 685 g/mol. The average Bonchev–Trinajstić information content (AvgIpc) is 3.11. The number of esters is 1. The fraction of sp³-hybridized carbons (Fsp3) is 0.750. The van der Waals surface area contributed by atoms with Crippen LogP contribution in [-0.4, -0.2) is 70.7 Å². The zero-order valence-electron chi connectivity index (χ0n) is 34.7. The number of phosphoric acid groups is 1. The molecule has 0 bridgehead atoms. The Morgan fingerprint density at radius 1 is 0.604 bits per heavy atom. The number of nitrogens with zero attached hydrogens (tertiary/aromatic N) is 1. The number of ether oxygens (including phenoxy) is 2. The van der Waals surface area contributed by atoms with E-state index >= 15 is 0 Å². The largest absolute Gasteiger partial charge is 0.756 e. The topological polar surface area (TPSA) is 94.1 Å². The second kappa shape index (κ2) is 37.1. The normalized spacial score (nSPS) is 14.5. The summed E-state index contributed by atoms with van der Waals surface area (Å²) in [6.07, 6.45) is 45.1. The average molecular weight is 766 g/mol. The van der Waals surface area contributed by atoms with Crippen molar-refractivity contribution in [3.63, 3.8) is 0 Å². The van der Waals surface area contributed by atoms with Crippen molar-refractivity contribution in [1.82, 2.24) is 0 Å². The van der Waals surface area contributed by atoms with Crippen LogP contribution in [0.3, 0.4) is 0 Å². The minimum Gasteiger partial charge on any atom is -0.756 e. The Hall–Kier alpha value is -1.80. The number of hydrogen-bond donors (Lipinski definition) is 0. The second-order valence-corrected chi connectivity index (χ2v) is 16.4. The number of rotatable bonds is 38. The Bertz CT molecular complexity index is 1030. The molecule has 0 amide bonds. The number of phosphoric ester groups is 1. The van der Waals surface area contributed by atoms with Crippen LogP contribution in [0.1, 0.15) is 155 Å². The fourth-order valence-electron chi connectivity index (χ4n) is 5.29. The van der Waals surface area contributed by atoms with E-state index in [1.54, 1.807) is 0 Å². The molecule has 0 aromatic rings. The third-order valence-corrected chi connectivity index (χ3v) is 9.52. The molecule has 2 unspecified atom stereocenters. The first-order valence-electron chi connectivity index (χ1n) is 21.0. The number of unbranched alkanes of at least 4 members (excludes halogenated alkanes) is 14. The maximum atomic E-state index is 12.7. The van der Waals surface area contributed by atoms with Crippen LogP contribution in [0.4, 0.5) is 0 Å². The van der Waals surface area contributed by atoms with E-state index in [0.717, 1.165) is 83.5 Å². The molecule has 0 rings (SSSR count). The maximum absolute atomic E-state index is 12.7. The molecule has 0 saturated heterocycles. The van der Waals surface area contributed by atoms with Crippen molar-refractivity contribution in [1.29, 1.82) is 0 Å². The van der Waals surface area contributed by atoms with E-state index in [9.17, 15) is 14.3 Å². The van der Waals surface area contributed by atoms with Gasteiger partial charge in [-0.1, -0.05) is 132 Å². The lowest BCUT2D eigenvalue weighted by Gasteiger charge is -2.28. The van der Waals surface area contributed by atoms with Crippen molar-refractivity contribution in [2.24, 2.45) is 0 Å². The highest BCUT2D eigenvalue weighted by atomic mass is 31.2. The van der Waals surface area contributed by atoms with Crippen molar-refractivity contribution >= 4 is 13.8 Å². The lowest BCUT2D eigenvalue weighted by atomic mass is 10.1.